The average molecular weight is 313 g/mol. The van der Waals surface area contributed by atoms with Gasteiger partial charge in [-0.25, -0.2) is 6.57 Å². The predicted molar refractivity (Wildman–Crippen MR) is 64.7 cm³/mol. The Kier molecular flexibility index (Phi) is 44.2. The van der Waals surface area contributed by atoms with E-state index in [4.69, 9.17) is 16.2 Å². The van der Waals surface area contributed by atoms with Crippen LogP contribution in [0.25, 0.3) is 4.85 Å². The second-order valence-corrected chi connectivity index (χ2v) is 4.38. The molecule has 16 heavy (non-hydrogen) atoms. The van der Waals surface area contributed by atoms with Crippen LogP contribution in [0.2, 0.25) is 0 Å². The largest absolute Gasteiger partial charge is 4.00 e. The Morgan fingerprint density at radius 3 is 1.25 bits per heavy atom. The molecule has 0 rings (SSSR count). The van der Waals surface area contributed by atoms with Crippen molar-refractivity contribution < 1.29 is 29.1 Å². The molecule has 0 aliphatic rings. The van der Waals surface area contributed by atoms with Gasteiger partial charge in [-0.15, -0.1) is 0 Å². The molecule has 0 aliphatic heterocycles. The Labute approximate surface area is 114 Å². The van der Waals surface area contributed by atoms with Crippen LogP contribution in [0.5, 0.6) is 0 Å². The maximum Gasteiger partial charge on any atom is 4.00 e. The second-order valence-electron chi connectivity index (χ2n) is 4.38. The summed E-state index contributed by atoms with van der Waals surface area (Å²) in [6, 6.07) is 0. The Morgan fingerprint density at radius 2 is 1.25 bits per heavy atom. The van der Waals surface area contributed by atoms with Crippen molar-refractivity contribution in [3.8, 4) is 0 Å². The third-order valence-electron chi connectivity index (χ3n) is 0.553. The molecule has 0 saturated carbocycles. The van der Waals surface area contributed by atoms with Gasteiger partial charge in [0.25, 0.3) is 0 Å². The van der Waals surface area contributed by atoms with Crippen LogP contribution in [0.15, 0.2) is 0 Å². The fourth-order valence-corrected chi connectivity index (χ4v) is 0.237. The summed E-state index contributed by atoms with van der Waals surface area (Å²) in [7, 11) is 0. The van der Waals surface area contributed by atoms with E-state index in [2.05, 4.69) is 60.0 Å². The molecule has 0 atom stereocenters. The number of rotatable bonds is 0. The van der Waals surface area contributed by atoms with Crippen molar-refractivity contribution in [2.75, 3.05) is 6.54 Å². The molecule has 0 unspecified atom stereocenters. The molecule has 94 valence electrons. The first kappa shape index (κ1) is 29.5. The molecule has 0 saturated heterocycles. The number of nitrogens with zero attached hydrogens (tertiary/aromatic N) is 1. The molecule has 0 aliphatic carbocycles. The molecular formula is C12H22NO2Ru+. The van der Waals surface area contributed by atoms with Crippen molar-refractivity contribution in [3.63, 3.8) is 0 Å². The molecule has 0 radical (unpaired) electrons. The number of hydrogen-bond acceptors (Lipinski definition) is 2. The Morgan fingerprint density at radius 1 is 1.06 bits per heavy atom. The van der Waals surface area contributed by atoms with Gasteiger partial charge in [-0.1, -0.05) is 20.8 Å². The summed E-state index contributed by atoms with van der Waals surface area (Å²) in [5.74, 6) is 1.42. The molecular weight excluding hydrogens is 291 g/mol. The summed E-state index contributed by atoms with van der Waals surface area (Å²) in [6.07, 6.45) is 0. The normalized spacial score (nSPS) is 7.38. The molecule has 3 nitrogen and oxygen atoms in total. The van der Waals surface area contributed by atoms with Crippen LogP contribution in [0.1, 0.15) is 41.5 Å². The zero-order chi connectivity index (χ0) is 13.5. The van der Waals surface area contributed by atoms with Crippen molar-refractivity contribution in [1.29, 1.82) is 0 Å². The molecule has 0 aromatic rings. The molecule has 0 aromatic heterocycles. The molecule has 0 fully saturated rings. The summed E-state index contributed by atoms with van der Waals surface area (Å²) < 4.78 is 0. The van der Waals surface area contributed by atoms with Gasteiger partial charge >= 0.3 is 19.5 Å². The summed E-state index contributed by atoms with van der Waals surface area (Å²) in [5.41, 5.74) is 0.196. The Hall–Kier alpha value is -0.547. The Balaban J connectivity index is -0.0000000388. The van der Waals surface area contributed by atoms with Crippen LogP contribution >= 0.6 is 0 Å². The van der Waals surface area contributed by atoms with Crippen LogP contribution in [-0.4, -0.2) is 20.1 Å². The summed E-state index contributed by atoms with van der Waals surface area (Å²) in [4.78, 5) is 18.8. The van der Waals surface area contributed by atoms with Crippen molar-refractivity contribution in [2.24, 2.45) is 5.41 Å². The van der Waals surface area contributed by atoms with Gasteiger partial charge < -0.3 is 20.4 Å². The summed E-state index contributed by atoms with van der Waals surface area (Å²) >= 11 is 0. The molecule has 0 N–H and O–H groups in total. The first-order chi connectivity index (χ1) is 6.79. The van der Waals surface area contributed by atoms with Gasteiger partial charge in [-0.05, 0) is 0 Å². The van der Waals surface area contributed by atoms with Crippen molar-refractivity contribution in [2.45, 2.75) is 41.5 Å². The zero-order valence-corrected chi connectivity index (χ0v) is 12.7. The van der Waals surface area contributed by atoms with Crippen molar-refractivity contribution >= 4 is 13.6 Å². The fourth-order valence-electron chi connectivity index (χ4n) is 0.237. The predicted octanol–water partition coefficient (Wildman–Crippen LogP) is 3.02. The van der Waals surface area contributed by atoms with Crippen molar-refractivity contribution in [1.82, 2.24) is 0 Å². The van der Waals surface area contributed by atoms with E-state index in [9.17, 15) is 0 Å². The van der Waals surface area contributed by atoms with Crippen LogP contribution in [0, 0.1) is 17.9 Å². The van der Waals surface area contributed by atoms with Crippen molar-refractivity contribution in [3.05, 3.63) is 17.3 Å². The van der Waals surface area contributed by atoms with E-state index in [1.807, 2.05) is 0 Å². The molecule has 0 heterocycles. The van der Waals surface area contributed by atoms with E-state index in [0.717, 1.165) is 0 Å². The van der Waals surface area contributed by atoms with E-state index in [-0.39, 0.29) is 24.9 Å². The SMILES string of the molecule is C[C-](C)C.[C-]#[N+]CC(C)(C)C.[CH-]=O.[CH-]=O.[Ru+4]. The maximum atomic E-state index is 7.75. The van der Waals surface area contributed by atoms with Gasteiger partial charge in [0.2, 0.25) is 6.54 Å². The second kappa shape index (κ2) is 23.9. The average Bonchev–Trinajstić information content (AvgIpc) is 2.08. The van der Waals surface area contributed by atoms with Crippen LogP contribution in [0.3, 0.4) is 0 Å². The van der Waals surface area contributed by atoms with Crippen LogP contribution < -0.4 is 0 Å². The third kappa shape index (κ3) is 175. The molecule has 0 aromatic carbocycles. The van der Waals surface area contributed by atoms with Gasteiger partial charge in [0.1, 0.15) is 0 Å². The fraction of sp³-hybridized carbons (Fsp3) is 0.667. The van der Waals surface area contributed by atoms with E-state index < -0.39 is 0 Å². The first-order valence-electron chi connectivity index (χ1n) is 4.36. The van der Waals surface area contributed by atoms with Gasteiger partial charge in [-0.3, -0.25) is 13.6 Å². The van der Waals surface area contributed by atoms with Crippen LogP contribution in [-0.2, 0) is 29.1 Å². The smallest absolute Gasteiger partial charge is 0.545 e. The molecule has 4 heteroatoms. The minimum absolute atomic E-state index is 0. The van der Waals surface area contributed by atoms with Crippen LogP contribution in [0.4, 0.5) is 0 Å². The van der Waals surface area contributed by atoms with E-state index in [0.29, 0.717) is 6.54 Å². The monoisotopic (exact) mass is 314 g/mol. The summed E-state index contributed by atoms with van der Waals surface area (Å²) in [5, 5.41) is 0. The molecule has 0 spiro atoms. The molecule has 0 bridgehead atoms. The zero-order valence-electron chi connectivity index (χ0n) is 11.0. The van der Waals surface area contributed by atoms with Gasteiger partial charge in [0.05, 0.1) is 0 Å². The van der Waals surface area contributed by atoms with Gasteiger partial charge in [0.15, 0.2) is 0 Å². The van der Waals surface area contributed by atoms with E-state index in [1.54, 1.807) is 0 Å². The quantitative estimate of drug-likeness (QED) is 0.392. The standard InChI is InChI=1S/C6H11N.C4H9.2CHO.Ru/c1-6(2,3)5-7-4;1-4(2)3;2*1-2;/h5H2,1-3H3;1-3H3;2*1H;/q;3*-1;+4. The minimum atomic E-state index is 0. The number of carbonyl (C=O) groups excluding carboxylic acids is 2. The third-order valence-corrected chi connectivity index (χ3v) is 0.553. The molecule has 0 amide bonds. The topological polar surface area (TPSA) is 38.5 Å². The van der Waals surface area contributed by atoms with E-state index >= 15 is 0 Å². The Bertz CT molecular complexity index is 143. The summed E-state index contributed by atoms with van der Waals surface area (Å²) in [6.45, 7) is 26.0. The minimum Gasteiger partial charge on any atom is -0.545 e. The number of hydrogen-bond donors (Lipinski definition) is 0. The maximum absolute atomic E-state index is 7.75. The van der Waals surface area contributed by atoms with Gasteiger partial charge in [-0.2, -0.15) is 20.8 Å². The first-order valence-corrected chi connectivity index (χ1v) is 4.36. The van der Waals surface area contributed by atoms with E-state index in [1.165, 1.54) is 5.92 Å². The van der Waals surface area contributed by atoms with Gasteiger partial charge in [0, 0.05) is 5.41 Å².